The van der Waals surface area contributed by atoms with Crippen LogP contribution in [0.15, 0.2) is 54.6 Å². The fourth-order valence-corrected chi connectivity index (χ4v) is 3.13. The van der Waals surface area contributed by atoms with E-state index < -0.39 is 6.10 Å². The molecule has 4 rings (SSSR count). The van der Waals surface area contributed by atoms with Crippen LogP contribution in [-0.2, 0) is 18.3 Å². The lowest BCUT2D eigenvalue weighted by atomic mass is 10.1. The highest BCUT2D eigenvalue weighted by Gasteiger charge is 2.36. The monoisotopic (exact) mass is 350 g/mol. The predicted octanol–water partition coefficient (Wildman–Crippen LogP) is 2.88. The third-order valence-electron chi connectivity index (χ3n) is 4.42. The zero-order valence-electron chi connectivity index (χ0n) is 14.2. The summed E-state index contributed by atoms with van der Waals surface area (Å²) in [7, 11) is 1.78. The van der Waals surface area contributed by atoms with Crippen molar-refractivity contribution in [2.45, 2.75) is 12.6 Å². The second-order valence-electron chi connectivity index (χ2n) is 6.23. The van der Waals surface area contributed by atoms with E-state index in [4.69, 9.17) is 4.74 Å². The summed E-state index contributed by atoms with van der Waals surface area (Å²) in [5.74, 6) is 0.181. The van der Waals surface area contributed by atoms with E-state index in [9.17, 15) is 9.90 Å². The third-order valence-corrected chi connectivity index (χ3v) is 4.42. The van der Waals surface area contributed by atoms with Crippen molar-refractivity contribution in [1.29, 1.82) is 0 Å². The van der Waals surface area contributed by atoms with Gasteiger partial charge in [0.25, 0.3) is 0 Å². The Balaban J connectivity index is 1.60. The van der Waals surface area contributed by atoms with Crippen LogP contribution in [0.3, 0.4) is 0 Å². The van der Waals surface area contributed by atoms with Crippen LogP contribution in [0.5, 0.6) is 5.75 Å². The fourth-order valence-electron chi connectivity index (χ4n) is 3.13. The zero-order chi connectivity index (χ0) is 18.1. The largest absolute Gasteiger partial charge is 0.508 e. The first-order valence-electron chi connectivity index (χ1n) is 8.30. The van der Waals surface area contributed by atoms with E-state index in [1.165, 1.54) is 0 Å². The number of rotatable bonds is 4. The Bertz CT molecular complexity index is 922. The Hall–Kier alpha value is -3.35. The summed E-state index contributed by atoms with van der Waals surface area (Å²) in [5.41, 5.74) is 3.24. The molecule has 1 aliphatic heterocycles. The Morgan fingerprint density at radius 2 is 1.88 bits per heavy atom. The lowest BCUT2D eigenvalue weighted by Gasteiger charge is -2.13. The average Bonchev–Trinajstić information content (AvgIpc) is 3.19. The van der Waals surface area contributed by atoms with Crippen molar-refractivity contribution < 1.29 is 14.6 Å². The second-order valence-corrected chi connectivity index (χ2v) is 6.23. The number of amides is 1. The molecule has 3 aromatic rings. The SMILES string of the molecule is Cn1nnc(-c2ccc(O)cc2)c1C1CN(Cc2ccccc2)C(=O)O1. The summed E-state index contributed by atoms with van der Waals surface area (Å²) in [5, 5.41) is 17.8. The molecule has 1 atom stereocenters. The van der Waals surface area contributed by atoms with Gasteiger partial charge in [0.15, 0.2) is 6.10 Å². The number of aryl methyl sites for hydroxylation is 1. The van der Waals surface area contributed by atoms with Crippen LogP contribution in [0.25, 0.3) is 11.3 Å². The molecule has 0 saturated carbocycles. The smallest absolute Gasteiger partial charge is 0.410 e. The van der Waals surface area contributed by atoms with Crippen molar-refractivity contribution in [3.05, 3.63) is 65.9 Å². The highest BCUT2D eigenvalue weighted by atomic mass is 16.6. The molecular weight excluding hydrogens is 332 g/mol. The van der Waals surface area contributed by atoms with Gasteiger partial charge in [-0.2, -0.15) is 0 Å². The molecule has 1 amide bonds. The normalized spacial score (nSPS) is 16.7. The summed E-state index contributed by atoms with van der Waals surface area (Å²) < 4.78 is 7.23. The number of benzene rings is 2. The van der Waals surface area contributed by atoms with Gasteiger partial charge in [0.2, 0.25) is 0 Å². The number of aromatic hydroxyl groups is 1. The summed E-state index contributed by atoms with van der Waals surface area (Å²) in [6.45, 7) is 0.927. The van der Waals surface area contributed by atoms with Crippen molar-refractivity contribution in [3.63, 3.8) is 0 Å². The lowest BCUT2D eigenvalue weighted by Crippen LogP contribution is -2.23. The summed E-state index contributed by atoms with van der Waals surface area (Å²) in [6.07, 6.45) is -0.799. The van der Waals surface area contributed by atoms with Gasteiger partial charge in [-0.05, 0) is 29.8 Å². The standard InChI is InChI=1S/C19H18N4O3/c1-22-18(17(20-21-22)14-7-9-15(24)10-8-14)16-12-23(19(25)26-16)11-13-5-3-2-4-6-13/h2-10,16,24H,11-12H2,1H3. The molecule has 1 aromatic heterocycles. The molecule has 1 N–H and O–H groups in total. The summed E-state index contributed by atoms with van der Waals surface area (Å²) >= 11 is 0. The number of phenols is 1. The van der Waals surface area contributed by atoms with Gasteiger partial charge in [-0.3, -0.25) is 4.90 Å². The van der Waals surface area contributed by atoms with Crippen molar-refractivity contribution in [2.24, 2.45) is 7.05 Å². The minimum absolute atomic E-state index is 0.181. The number of phenolic OH excluding ortho intramolecular Hbond substituents is 1. The van der Waals surface area contributed by atoms with Crippen LogP contribution in [0.1, 0.15) is 17.4 Å². The summed E-state index contributed by atoms with van der Waals surface area (Å²) in [4.78, 5) is 14.0. The second kappa shape index (κ2) is 6.51. The molecule has 0 radical (unpaired) electrons. The highest BCUT2D eigenvalue weighted by Crippen LogP contribution is 2.33. The van der Waals surface area contributed by atoms with E-state index in [2.05, 4.69) is 10.3 Å². The van der Waals surface area contributed by atoms with Gasteiger partial charge in [0, 0.05) is 19.2 Å². The molecule has 2 aromatic carbocycles. The third kappa shape index (κ3) is 2.99. The Morgan fingerprint density at radius 1 is 1.15 bits per heavy atom. The number of carbonyl (C=O) groups excluding carboxylic acids is 1. The maximum absolute atomic E-state index is 12.3. The topological polar surface area (TPSA) is 80.5 Å². The van der Waals surface area contributed by atoms with Gasteiger partial charge in [-0.1, -0.05) is 35.5 Å². The van der Waals surface area contributed by atoms with Gasteiger partial charge >= 0.3 is 6.09 Å². The van der Waals surface area contributed by atoms with Crippen LogP contribution in [0.4, 0.5) is 4.79 Å². The number of ether oxygens (including phenoxy) is 1. The molecule has 26 heavy (non-hydrogen) atoms. The van der Waals surface area contributed by atoms with Gasteiger partial charge in [0.1, 0.15) is 17.1 Å². The van der Waals surface area contributed by atoms with E-state index in [1.807, 2.05) is 30.3 Å². The molecule has 0 bridgehead atoms. The van der Waals surface area contributed by atoms with Crippen molar-refractivity contribution >= 4 is 6.09 Å². The van der Waals surface area contributed by atoms with Gasteiger partial charge < -0.3 is 9.84 Å². The van der Waals surface area contributed by atoms with E-state index in [1.54, 1.807) is 40.9 Å². The number of carbonyl (C=O) groups is 1. The molecule has 1 saturated heterocycles. The molecule has 1 aliphatic rings. The molecule has 1 unspecified atom stereocenters. The Kier molecular flexibility index (Phi) is 4.04. The highest BCUT2D eigenvalue weighted by molar-refractivity contribution is 5.71. The fraction of sp³-hybridized carbons (Fsp3) is 0.211. The number of nitrogens with zero attached hydrogens (tertiary/aromatic N) is 4. The number of cyclic esters (lactones) is 1. The minimum atomic E-state index is -0.449. The molecule has 0 spiro atoms. The van der Waals surface area contributed by atoms with E-state index >= 15 is 0 Å². The Morgan fingerprint density at radius 3 is 2.62 bits per heavy atom. The van der Waals surface area contributed by atoms with Crippen LogP contribution < -0.4 is 0 Å². The van der Waals surface area contributed by atoms with Gasteiger partial charge in [0.05, 0.1) is 6.54 Å². The quantitative estimate of drug-likeness (QED) is 0.782. The Labute approximate surface area is 150 Å². The molecule has 1 fully saturated rings. The molecule has 7 heteroatoms. The first-order chi connectivity index (χ1) is 12.6. The van der Waals surface area contributed by atoms with E-state index in [0.717, 1.165) is 16.8 Å². The maximum Gasteiger partial charge on any atom is 0.410 e. The average molecular weight is 350 g/mol. The van der Waals surface area contributed by atoms with E-state index in [0.29, 0.717) is 18.8 Å². The number of aromatic nitrogens is 3. The first-order valence-corrected chi connectivity index (χ1v) is 8.30. The van der Waals surface area contributed by atoms with E-state index in [-0.39, 0.29) is 11.8 Å². The molecule has 132 valence electrons. The predicted molar refractivity (Wildman–Crippen MR) is 94.2 cm³/mol. The van der Waals surface area contributed by atoms with Crippen LogP contribution in [0, 0.1) is 0 Å². The van der Waals surface area contributed by atoms with Gasteiger partial charge in [-0.15, -0.1) is 5.10 Å². The van der Waals surface area contributed by atoms with Crippen LogP contribution in [0.2, 0.25) is 0 Å². The summed E-state index contributed by atoms with van der Waals surface area (Å²) in [6, 6.07) is 16.5. The lowest BCUT2D eigenvalue weighted by molar-refractivity contribution is 0.129. The number of hydrogen-bond acceptors (Lipinski definition) is 5. The molecule has 7 nitrogen and oxygen atoms in total. The first kappa shape index (κ1) is 16.1. The van der Waals surface area contributed by atoms with Gasteiger partial charge in [-0.25, -0.2) is 9.48 Å². The maximum atomic E-state index is 12.3. The molecular formula is C19H18N4O3. The molecule has 0 aliphatic carbocycles. The van der Waals surface area contributed by atoms with Crippen molar-refractivity contribution in [1.82, 2.24) is 19.9 Å². The van der Waals surface area contributed by atoms with Crippen molar-refractivity contribution in [2.75, 3.05) is 6.54 Å². The molecule has 2 heterocycles. The van der Waals surface area contributed by atoms with Crippen LogP contribution in [-0.4, -0.2) is 37.6 Å². The van der Waals surface area contributed by atoms with Crippen LogP contribution >= 0.6 is 0 Å². The number of hydrogen-bond donors (Lipinski definition) is 1. The minimum Gasteiger partial charge on any atom is -0.508 e. The zero-order valence-corrected chi connectivity index (χ0v) is 14.2. The van der Waals surface area contributed by atoms with Crippen molar-refractivity contribution in [3.8, 4) is 17.0 Å².